The highest BCUT2D eigenvalue weighted by Crippen LogP contribution is 2.33. The molecule has 1 atom stereocenters. The first-order chi connectivity index (χ1) is 9.43. The van der Waals surface area contributed by atoms with Crippen LogP contribution >= 0.6 is 0 Å². The lowest BCUT2D eigenvalue weighted by molar-refractivity contribution is -0.184. The van der Waals surface area contributed by atoms with Crippen LogP contribution in [-0.2, 0) is 0 Å². The normalized spacial score (nSPS) is 20.2. The van der Waals surface area contributed by atoms with Gasteiger partial charge in [-0.2, -0.15) is 13.2 Å². The van der Waals surface area contributed by atoms with Crippen molar-refractivity contribution in [2.75, 3.05) is 26.2 Å². The van der Waals surface area contributed by atoms with Crippen molar-refractivity contribution in [3.05, 3.63) is 0 Å². The lowest BCUT2D eigenvalue weighted by Crippen LogP contribution is -2.42. The van der Waals surface area contributed by atoms with Crippen LogP contribution in [0.3, 0.4) is 0 Å². The molecule has 1 aliphatic heterocycles. The monoisotopic (exact) mass is 294 g/mol. The number of likely N-dealkylation sites (tertiary alicyclic amines) is 1. The predicted octanol–water partition coefficient (Wildman–Crippen LogP) is 3.82. The second-order valence-electron chi connectivity index (χ2n) is 6.01. The smallest absolute Gasteiger partial charge is 0.313 e. The van der Waals surface area contributed by atoms with E-state index in [0.717, 1.165) is 13.1 Å². The van der Waals surface area contributed by atoms with Crippen LogP contribution in [0.2, 0.25) is 0 Å². The minimum atomic E-state index is -4.00. The van der Waals surface area contributed by atoms with E-state index in [0.29, 0.717) is 19.1 Å². The molecule has 1 rings (SSSR count). The molecule has 1 unspecified atom stereocenters. The molecular weight excluding hydrogens is 265 g/mol. The van der Waals surface area contributed by atoms with Gasteiger partial charge < -0.3 is 10.2 Å². The number of hydrogen-bond acceptors (Lipinski definition) is 2. The van der Waals surface area contributed by atoms with E-state index in [1.807, 2.05) is 0 Å². The fraction of sp³-hybridized carbons (Fsp3) is 1.00. The zero-order valence-corrected chi connectivity index (χ0v) is 12.8. The molecule has 1 N–H and O–H groups in total. The van der Waals surface area contributed by atoms with Crippen molar-refractivity contribution in [2.24, 2.45) is 5.92 Å². The number of nitrogens with zero attached hydrogens (tertiary/aromatic N) is 1. The Bertz CT molecular complexity index is 248. The van der Waals surface area contributed by atoms with Crippen molar-refractivity contribution < 1.29 is 13.2 Å². The number of alkyl halides is 3. The van der Waals surface area contributed by atoms with E-state index in [1.165, 1.54) is 25.7 Å². The number of halogens is 3. The fourth-order valence-electron chi connectivity index (χ4n) is 2.76. The number of piperidine rings is 1. The Morgan fingerprint density at radius 2 is 1.85 bits per heavy atom. The van der Waals surface area contributed by atoms with E-state index in [1.54, 1.807) is 0 Å². The Balaban J connectivity index is 2.07. The lowest BCUT2D eigenvalue weighted by Gasteiger charge is -2.33. The standard InChI is InChI=1S/C15H29F3N2/c1-3-4-5-6-13(2)19-9-12-20-10-7-14(8-11-20)15(16,17)18/h13-14,19H,3-12H2,1-2H3. The highest BCUT2D eigenvalue weighted by molar-refractivity contribution is 4.77. The van der Waals surface area contributed by atoms with Gasteiger partial charge in [0, 0.05) is 19.1 Å². The molecule has 0 aliphatic carbocycles. The van der Waals surface area contributed by atoms with Gasteiger partial charge in [0.2, 0.25) is 0 Å². The minimum absolute atomic E-state index is 0.259. The van der Waals surface area contributed by atoms with Crippen molar-refractivity contribution >= 4 is 0 Å². The highest BCUT2D eigenvalue weighted by atomic mass is 19.4. The van der Waals surface area contributed by atoms with Crippen molar-refractivity contribution in [1.82, 2.24) is 10.2 Å². The molecule has 20 heavy (non-hydrogen) atoms. The summed E-state index contributed by atoms with van der Waals surface area (Å²) in [5.74, 6) is -1.08. The topological polar surface area (TPSA) is 15.3 Å². The van der Waals surface area contributed by atoms with E-state index in [2.05, 4.69) is 24.1 Å². The third-order valence-electron chi connectivity index (χ3n) is 4.21. The van der Waals surface area contributed by atoms with E-state index < -0.39 is 12.1 Å². The molecule has 0 saturated carbocycles. The van der Waals surface area contributed by atoms with Crippen molar-refractivity contribution in [3.8, 4) is 0 Å². The number of rotatable bonds is 8. The summed E-state index contributed by atoms with van der Waals surface area (Å²) in [4.78, 5) is 2.15. The largest absolute Gasteiger partial charge is 0.391 e. The molecule has 1 saturated heterocycles. The fourth-order valence-corrected chi connectivity index (χ4v) is 2.76. The van der Waals surface area contributed by atoms with Crippen LogP contribution in [0.4, 0.5) is 13.2 Å². The number of hydrogen-bond donors (Lipinski definition) is 1. The van der Waals surface area contributed by atoms with Gasteiger partial charge in [0.25, 0.3) is 0 Å². The molecule has 0 radical (unpaired) electrons. The summed E-state index contributed by atoms with van der Waals surface area (Å²) in [7, 11) is 0. The van der Waals surface area contributed by atoms with Crippen LogP contribution in [0, 0.1) is 5.92 Å². The first-order valence-corrected chi connectivity index (χ1v) is 7.96. The molecule has 0 aromatic carbocycles. The second kappa shape index (κ2) is 8.88. The van der Waals surface area contributed by atoms with Gasteiger partial charge in [-0.15, -0.1) is 0 Å². The summed E-state index contributed by atoms with van der Waals surface area (Å²) >= 11 is 0. The molecule has 1 heterocycles. The molecule has 0 spiro atoms. The highest BCUT2D eigenvalue weighted by Gasteiger charge is 2.40. The van der Waals surface area contributed by atoms with Gasteiger partial charge in [0.05, 0.1) is 5.92 Å². The van der Waals surface area contributed by atoms with Crippen molar-refractivity contribution in [3.63, 3.8) is 0 Å². The van der Waals surface area contributed by atoms with Gasteiger partial charge in [0.1, 0.15) is 0 Å². The van der Waals surface area contributed by atoms with Gasteiger partial charge in [-0.3, -0.25) is 0 Å². The molecule has 5 heteroatoms. The average molecular weight is 294 g/mol. The molecule has 0 bridgehead atoms. The van der Waals surface area contributed by atoms with Crippen LogP contribution in [-0.4, -0.2) is 43.3 Å². The molecule has 1 fully saturated rings. The second-order valence-corrected chi connectivity index (χ2v) is 6.01. The van der Waals surface area contributed by atoms with E-state index in [4.69, 9.17) is 0 Å². The first kappa shape index (κ1) is 17.8. The number of nitrogens with one attached hydrogen (secondary N) is 1. The Labute approximate surface area is 121 Å². The molecule has 0 aromatic heterocycles. The first-order valence-electron chi connectivity index (χ1n) is 7.96. The Kier molecular flexibility index (Phi) is 7.88. The van der Waals surface area contributed by atoms with Crippen LogP contribution in [0.1, 0.15) is 52.4 Å². The predicted molar refractivity (Wildman–Crippen MR) is 76.8 cm³/mol. The SMILES string of the molecule is CCCCCC(C)NCCN1CCC(C(F)(F)F)CC1. The van der Waals surface area contributed by atoms with Crippen molar-refractivity contribution in [2.45, 2.75) is 64.6 Å². The maximum atomic E-state index is 12.5. The van der Waals surface area contributed by atoms with Gasteiger partial charge >= 0.3 is 6.18 Å². The third-order valence-corrected chi connectivity index (χ3v) is 4.21. The van der Waals surface area contributed by atoms with E-state index in [-0.39, 0.29) is 12.8 Å². The van der Waals surface area contributed by atoms with Crippen LogP contribution in [0.25, 0.3) is 0 Å². The van der Waals surface area contributed by atoms with E-state index in [9.17, 15) is 13.2 Å². The molecule has 0 amide bonds. The van der Waals surface area contributed by atoms with Crippen LogP contribution in [0.5, 0.6) is 0 Å². The van der Waals surface area contributed by atoms with Crippen molar-refractivity contribution in [1.29, 1.82) is 0 Å². The zero-order chi connectivity index (χ0) is 15.0. The minimum Gasteiger partial charge on any atom is -0.313 e. The van der Waals surface area contributed by atoms with Gasteiger partial charge in [-0.25, -0.2) is 0 Å². The molecule has 2 nitrogen and oxygen atoms in total. The van der Waals surface area contributed by atoms with Gasteiger partial charge in [-0.1, -0.05) is 26.2 Å². The Morgan fingerprint density at radius 3 is 2.40 bits per heavy atom. The summed E-state index contributed by atoms with van der Waals surface area (Å²) in [6, 6.07) is 0.509. The summed E-state index contributed by atoms with van der Waals surface area (Å²) in [5, 5.41) is 3.47. The number of unbranched alkanes of at least 4 members (excludes halogenated alkanes) is 2. The van der Waals surface area contributed by atoms with Crippen LogP contribution < -0.4 is 5.32 Å². The molecule has 1 aliphatic rings. The van der Waals surface area contributed by atoms with E-state index >= 15 is 0 Å². The van der Waals surface area contributed by atoms with Crippen LogP contribution in [0.15, 0.2) is 0 Å². The maximum Gasteiger partial charge on any atom is 0.391 e. The molecular formula is C15H29F3N2. The molecule has 120 valence electrons. The Morgan fingerprint density at radius 1 is 1.20 bits per heavy atom. The Hall–Kier alpha value is -0.290. The summed E-state index contributed by atoms with van der Waals surface area (Å²) < 4.78 is 37.6. The maximum absolute atomic E-state index is 12.5. The quantitative estimate of drug-likeness (QED) is 0.685. The summed E-state index contributed by atoms with van der Waals surface area (Å²) in [6.45, 7) is 7.28. The zero-order valence-electron chi connectivity index (χ0n) is 12.8. The third kappa shape index (κ3) is 6.93. The molecule has 0 aromatic rings. The van der Waals surface area contributed by atoms with Gasteiger partial charge in [-0.05, 0) is 39.3 Å². The lowest BCUT2D eigenvalue weighted by atomic mass is 9.96. The average Bonchev–Trinajstić information content (AvgIpc) is 2.38. The summed E-state index contributed by atoms with van der Waals surface area (Å²) in [5.41, 5.74) is 0. The van der Waals surface area contributed by atoms with Gasteiger partial charge in [0.15, 0.2) is 0 Å². The summed E-state index contributed by atoms with van der Waals surface area (Å²) in [6.07, 6.45) is 1.46.